The van der Waals surface area contributed by atoms with E-state index in [2.05, 4.69) is 20.0 Å². The summed E-state index contributed by atoms with van der Waals surface area (Å²) in [7, 11) is 0. The van der Waals surface area contributed by atoms with Crippen LogP contribution in [0, 0.1) is 19.8 Å². The smallest absolute Gasteiger partial charge is 0.266 e. The van der Waals surface area contributed by atoms with Crippen molar-refractivity contribution in [1.29, 1.82) is 0 Å². The molecule has 0 atom stereocenters. The van der Waals surface area contributed by atoms with Gasteiger partial charge in [-0.15, -0.1) is 0 Å². The third-order valence-corrected chi connectivity index (χ3v) is 4.13. The largest absolute Gasteiger partial charge is 0.356 e. The summed E-state index contributed by atoms with van der Waals surface area (Å²) in [5.74, 6) is 2.29. The third kappa shape index (κ3) is 3.32. The van der Waals surface area contributed by atoms with Crippen LogP contribution in [-0.2, 0) is 6.54 Å². The summed E-state index contributed by atoms with van der Waals surface area (Å²) in [6.07, 6.45) is 3.90. The predicted octanol–water partition coefficient (Wildman–Crippen LogP) is 1.57. The first-order valence-corrected chi connectivity index (χ1v) is 7.71. The maximum Gasteiger partial charge on any atom is 0.266 e. The van der Waals surface area contributed by atoms with Crippen LogP contribution in [0.1, 0.15) is 24.4 Å². The number of hydrogen-bond acceptors (Lipinski definition) is 5. The zero-order valence-corrected chi connectivity index (χ0v) is 13.1. The van der Waals surface area contributed by atoms with Crippen LogP contribution in [-0.4, -0.2) is 32.8 Å². The number of nitrogens with zero attached hydrogens (tertiary/aromatic N) is 5. The lowest BCUT2D eigenvalue weighted by molar-refractivity contribution is 0.333. The fourth-order valence-corrected chi connectivity index (χ4v) is 2.89. The maximum absolute atomic E-state index is 11.8. The molecule has 6 nitrogen and oxygen atoms in total. The quantitative estimate of drug-likeness (QED) is 0.860. The van der Waals surface area contributed by atoms with Gasteiger partial charge in [-0.1, -0.05) is 0 Å². The van der Waals surface area contributed by atoms with Crippen molar-refractivity contribution in [3.63, 3.8) is 0 Å². The van der Waals surface area contributed by atoms with Gasteiger partial charge in [-0.2, -0.15) is 5.10 Å². The van der Waals surface area contributed by atoms with Crippen molar-refractivity contribution in [2.75, 3.05) is 18.0 Å². The van der Waals surface area contributed by atoms with Gasteiger partial charge in [0.25, 0.3) is 5.56 Å². The van der Waals surface area contributed by atoms with Gasteiger partial charge in [0.15, 0.2) is 0 Å². The average Bonchev–Trinajstić information content (AvgIpc) is 2.52. The second kappa shape index (κ2) is 6.25. The summed E-state index contributed by atoms with van der Waals surface area (Å²) in [5.41, 5.74) is 0.868. The first-order valence-electron chi connectivity index (χ1n) is 7.71. The van der Waals surface area contributed by atoms with E-state index in [0.717, 1.165) is 43.3 Å². The summed E-state index contributed by atoms with van der Waals surface area (Å²) in [6.45, 7) is 6.45. The molecule has 116 valence electrons. The van der Waals surface area contributed by atoms with Crippen molar-refractivity contribution >= 4 is 5.82 Å². The molecular weight excluding hydrogens is 278 g/mol. The van der Waals surface area contributed by atoms with Crippen LogP contribution >= 0.6 is 0 Å². The van der Waals surface area contributed by atoms with Crippen LogP contribution in [0.3, 0.4) is 0 Å². The van der Waals surface area contributed by atoms with Gasteiger partial charge in [0.1, 0.15) is 11.6 Å². The van der Waals surface area contributed by atoms with Crippen LogP contribution < -0.4 is 10.5 Å². The van der Waals surface area contributed by atoms with Gasteiger partial charge in [-0.25, -0.2) is 14.6 Å². The molecule has 1 fully saturated rings. The van der Waals surface area contributed by atoms with Crippen molar-refractivity contribution in [3.05, 3.63) is 46.3 Å². The van der Waals surface area contributed by atoms with Crippen LogP contribution in [0.5, 0.6) is 0 Å². The Labute approximate surface area is 129 Å². The molecule has 0 spiro atoms. The Morgan fingerprint density at radius 1 is 1.18 bits per heavy atom. The molecule has 0 amide bonds. The van der Waals surface area contributed by atoms with Gasteiger partial charge in [0.2, 0.25) is 0 Å². The van der Waals surface area contributed by atoms with Crippen LogP contribution in [0.4, 0.5) is 5.82 Å². The molecule has 0 saturated carbocycles. The summed E-state index contributed by atoms with van der Waals surface area (Å²) in [6, 6.07) is 5.32. The highest BCUT2D eigenvalue weighted by Gasteiger charge is 2.21. The lowest BCUT2D eigenvalue weighted by Gasteiger charge is -2.32. The minimum Gasteiger partial charge on any atom is -0.356 e. The molecule has 2 aromatic heterocycles. The molecule has 6 heteroatoms. The number of rotatable bonds is 3. The number of piperidine rings is 1. The van der Waals surface area contributed by atoms with Gasteiger partial charge >= 0.3 is 0 Å². The minimum atomic E-state index is -0.0144. The first-order chi connectivity index (χ1) is 10.6. The van der Waals surface area contributed by atoms with Crippen molar-refractivity contribution in [2.45, 2.75) is 33.2 Å². The first kappa shape index (κ1) is 14.7. The maximum atomic E-state index is 11.8. The number of aromatic nitrogens is 4. The second-order valence-electron chi connectivity index (χ2n) is 5.89. The fourth-order valence-electron chi connectivity index (χ4n) is 2.89. The molecule has 22 heavy (non-hydrogen) atoms. The van der Waals surface area contributed by atoms with Gasteiger partial charge in [0.05, 0.1) is 5.69 Å². The fraction of sp³-hybridized carbons (Fsp3) is 0.500. The normalized spacial score (nSPS) is 16.0. The van der Waals surface area contributed by atoms with E-state index in [1.807, 2.05) is 19.9 Å². The van der Waals surface area contributed by atoms with E-state index in [0.29, 0.717) is 12.5 Å². The molecule has 0 bridgehead atoms. The van der Waals surface area contributed by atoms with Crippen LogP contribution in [0.25, 0.3) is 0 Å². The van der Waals surface area contributed by atoms with E-state index in [-0.39, 0.29) is 5.56 Å². The van der Waals surface area contributed by atoms with E-state index in [1.54, 1.807) is 23.0 Å². The van der Waals surface area contributed by atoms with Gasteiger partial charge in [0, 0.05) is 31.9 Å². The van der Waals surface area contributed by atoms with Crippen molar-refractivity contribution in [2.24, 2.45) is 5.92 Å². The molecule has 1 saturated heterocycles. The molecule has 0 aliphatic carbocycles. The Kier molecular flexibility index (Phi) is 4.18. The van der Waals surface area contributed by atoms with Gasteiger partial charge < -0.3 is 4.90 Å². The molecule has 1 aliphatic heterocycles. The van der Waals surface area contributed by atoms with Crippen LogP contribution in [0.2, 0.25) is 0 Å². The van der Waals surface area contributed by atoms with Gasteiger partial charge in [-0.05, 0) is 44.7 Å². The molecular formula is C16H21N5O. The molecule has 0 unspecified atom stereocenters. The van der Waals surface area contributed by atoms with E-state index < -0.39 is 0 Å². The highest BCUT2D eigenvalue weighted by atomic mass is 16.1. The SMILES string of the molecule is Cc1ccc(=O)n(CC2CCN(c3ccnc(C)n3)CC2)n1. The summed E-state index contributed by atoms with van der Waals surface area (Å²) in [5, 5.41) is 4.33. The van der Waals surface area contributed by atoms with Crippen LogP contribution in [0.15, 0.2) is 29.2 Å². The monoisotopic (exact) mass is 299 g/mol. The lowest BCUT2D eigenvalue weighted by atomic mass is 9.97. The molecule has 0 N–H and O–H groups in total. The Balaban J connectivity index is 1.62. The minimum absolute atomic E-state index is 0.0144. The lowest BCUT2D eigenvalue weighted by Crippen LogP contribution is -2.37. The summed E-state index contributed by atoms with van der Waals surface area (Å²) < 4.78 is 1.60. The second-order valence-corrected chi connectivity index (χ2v) is 5.89. The van der Waals surface area contributed by atoms with E-state index in [9.17, 15) is 4.79 Å². The Hall–Kier alpha value is -2.24. The van der Waals surface area contributed by atoms with E-state index in [1.165, 1.54) is 0 Å². The Morgan fingerprint density at radius 2 is 1.95 bits per heavy atom. The number of anilines is 1. The number of hydrogen-bond donors (Lipinski definition) is 0. The number of aryl methyl sites for hydroxylation is 2. The molecule has 3 heterocycles. The van der Waals surface area contributed by atoms with Crippen molar-refractivity contribution < 1.29 is 0 Å². The molecule has 0 radical (unpaired) electrons. The standard InChI is InChI=1S/C16H21N5O/c1-12-3-4-16(22)21(19-12)11-14-6-9-20(10-7-14)15-5-8-17-13(2)18-15/h3-5,8,14H,6-7,9-11H2,1-2H3. The van der Waals surface area contributed by atoms with E-state index in [4.69, 9.17) is 0 Å². The predicted molar refractivity (Wildman–Crippen MR) is 84.9 cm³/mol. The van der Waals surface area contributed by atoms with E-state index >= 15 is 0 Å². The molecule has 3 rings (SSSR count). The Bertz CT molecular complexity index is 704. The van der Waals surface area contributed by atoms with Crippen molar-refractivity contribution in [1.82, 2.24) is 19.7 Å². The zero-order chi connectivity index (χ0) is 15.5. The third-order valence-electron chi connectivity index (χ3n) is 4.13. The van der Waals surface area contributed by atoms with Gasteiger partial charge in [-0.3, -0.25) is 4.79 Å². The highest BCUT2D eigenvalue weighted by molar-refractivity contribution is 5.37. The molecule has 1 aliphatic rings. The topological polar surface area (TPSA) is 63.9 Å². The average molecular weight is 299 g/mol. The Morgan fingerprint density at radius 3 is 2.68 bits per heavy atom. The zero-order valence-electron chi connectivity index (χ0n) is 13.1. The van der Waals surface area contributed by atoms with Crippen molar-refractivity contribution in [3.8, 4) is 0 Å². The molecule has 0 aromatic carbocycles. The summed E-state index contributed by atoms with van der Waals surface area (Å²) >= 11 is 0. The molecule has 2 aromatic rings. The highest BCUT2D eigenvalue weighted by Crippen LogP contribution is 2.22. The summed E-state index contributed by atoms with van der Waals surface area (Å²) in [4.78, 5) is 22.7.